The van der Waals surface area contributed by atoms with Crippen molar-refractivity contribution in [2.75, 3.05) is 17.7 Å². The summed E-state index contributed by atoms with van der Waals surface area (Å²) in [6.07, 6.45) is 3.22. The fourth-order valence-electron chi connectivity index (χ4n) is 3.96. The van der Waals surface area contributed by atoms with E-state index >= 15 is 0 Å². The van der Waals surface area contributed by atoms with Crippen molar-refractivity contribution in [3.8, 4) is 17.1 Å². The van der Waals surface area contributed by atoms with Gasteiger partial charge < -0.3 is 15.4 Å². The molecule has 8 nitrogen and oxygen atoms in total. The molecule has 2 aromatic heterocycles. The van der Waals surface area contributed by atoms with Gasteiger partial charge in [-0.2, -0.15) is 4.98 Å². The van der Waals surface area contributed by atoms with Gasteiger partial charge in [-0.1, -0.05) is 35.3 Å². The summed E-state index contributed by atoms with van der Waals surface area (Å²) in [5.74, 6) is 1.37. The molecular weight excluding hydrogens is 487 g/mol. The van der Waals surface area contributed by atoms with E-state index in [1.807, 2.05) is 37.3 Å². The number of rotatable bonds is 5. The van der Waals surface area contributed by atoms with Gasteiger partial charge in [0.2, 0.25) is 5.95 Å². The van der Waals surface area contributed by atoms with E-state index < -0.39 is 6.04 Å². The molecule has 0 aliphatic carbocycles. The van der Waals surface area contributed by atoms with E-state index in [-0.39, 0.29) is 5.91 Å². The molecule has 1 atom stereocenters. The molecule has 0 spiro atoms. The summed E-state index contributed by atoms with van der Waals surface area (Å²) in [5, 5.41) is 11.6. The van der Waals surface area contributed by atoms with Crippen LogP contribution in [0.25, 0.3) is 11.4 Å². The number of carbonyl (C=O) groups excluding carboxylic acids is 1. The van der Waals surface area contributed by atoms with Crippen LogP contribution < -0.4 is 15.4 Å². The third-order valence-corrected chi connectivity index (χ3v) is 6.47. The van der Waals surface area contributed by atoms with Gasteiger partial charge in [0.05, 0.1) is 34.6 Å². The molecule has 0 saturated heterocycles. The van der Waals surface area contributed by atoms with Crippen molar-refractivity contribution in [3.05, 3.63) is 93.9 Å². The number of nitrogens with zero attached hydrogens (tertiary/aromatic N) is 4. The number of anilines is 2. The number of aromatic nitrogens is 4. The molecule has 5 rings (SSSR count). The number of hydrogen-bond acceptors (Lipinski definition) is 6. The number of allylic oxidation sites excluding steroid dienone is 1. The number of nitrogens with one attached hydrogen (secondary N) is 2. The van der Waals surface area contributed by atoms with Gasteiger partial charge in [0.1, 0.15) is 11.8 Å². The van der Waals surface area contributed by atoms with Crippen molar-refractivity contribution in [2.45, 2.75) is 13.0 Å². The fraction of sp³-hybridized carbons (Fsp3) is 0.120. The van der Waals surface area contributed by atoms with Crippen LogP contribution in [0.15, 0.2) is 78.3 Å². The average Bonchev–Trinajstić information content (AvgIpc) is 3.29. The van der Waals surface area contributed by atoms with E-state index in [9.17, 15) is 4.79 Å². The number of benzene rings is 2. The Bertz CT molecular complexity index is 1430. The standard InChI is InChI=1S/C25H20Cl2N6O2/c1-14-20(24(34)30-16-5-4-12-28-13-16)22(18-6-3-7-19(26)21(18)27)33-25(29-14)31-23(32-33)15-8-10-17(35-2)11-9-15/h3-13,22H,1-2H3,(H,30,34)(H,29,31,32). The number of pyridine rings is 1. The molecule has 176 valence electrons. The molecule has 2 aromatic carbocycles. The minimum atomic E-state index is -0.673. The molecule has 0 saturated carbocycles. The van der Waals surface area contributed by atoms with Crippen LogP contribution in [0.3, 0.4) is 0 Å². The summed E-state index contributed by atoms with van der Waals surface area (Å²) in [5.41, 5.74) is 3.04. The first-order chi connectivity index (χ1) is 17.0. The minimum absolute atomic E-state index is 0.323. The highest BCUT2D eigenvalue weighted by molar-refractivity contribution is 6.42. The fourth-order valence-corrected chi connectivity index (χ4v) is 4.37. The van der Waals surface area contributed by atoms with Crippen LogP contribution in [0, 0.1) is 0 Å². The highest BCUT2D eigenvalue weighted by atomic mass is 35.5. The predicted molar refractivity (Wildman–Crippen MR) is 136 cm³/mol. The Hall–Kier alpha value is -3.88. The van der Waals surface area contributed by atoms with Gasteiger partial charge in [-0.15, -0.1) is 5.10 Å². The highest BCUT2D eigenvalue weighted by Crippen LogP contribution is 2.41. The predicted octanol–water partition coefficient (Wildman–Crippen LogP) is 5.58. The molecule has 1 aliphatic heterocycles. The van der Waals surface area contributed by atoms with Crippen molar-refractivity contribution in [2.24, 2.45) is 0 Å². The van der Waals surface area contributed by atoms with Crippen molar-refractivity contribution in [1.82, 2.24) is 19.7 Å². The molecule has 35 heavy (non-hydrogen) atoms. The number of carbonyl (C=O) groups is 1. The van der Waals surface area contributed by atoms with Crippen LogP contribution in [0.1, 0.15) is 18.5 Å². The molecule has 1 aliphatic rings. The van der Waals surface area contributed by atoms with Gasteiger partial charge in [0.25, 0.3) is 5.91 Å². The lowest BCUT2D eigenvalue weighted by Gasteiger charge is -2.29. The number of halogens is 2. The Balaban J connectivity index is 1.62. The maximum Gasteiger partial charge on any atom is 0.255 e. The number of ether oxygens (including phenoxy) is 1. The van der Waals surface area contributed by atoms with Crippen LogP contribution >= 0.6 is 23.2 Å². The quantitative estimate of drug-likeness (QED) is 0.366. The molecule has 1 unspecified atom stereocenters. The highest BCUT2D eigenvalue weighted by Gasteiger charge is 2.36. The summed E-state index contributed by atoms with van der Waals surface area (Å²) in [7, 11) is 1.61. The van der Waals surface area contributed by atoms with Gasteiger partial charge in [-0.25, -0.2) is 4.68 Å². The molecule has 10 heteroatoms. The van der Waals surface area contributed by atoms with E-state index in [2.05, 4.69) is 20.6 Å². The zero-order valence-electron chi connectivity index (χ0n) is 18.8. The third kappa shape index (κ3) is 4.34. The maximum atomic E-state index is 13.5. The van der Waals surface area contributed by atoms with Gasteiger partial charge >= 0.3 is 0 Å². The van der Waals surface area contributed by atoms with E-state index in [1.165, 1.54) is 0 Å². The van der Waals surface area contributed by atoms with Crippen LogP contribution in [0.4, 0.5) is 11.6 Å². The number of hydrogen-bond donors (Lipinski definition) is 2. The summed E-state index contributed by atoms with van der Waals surface area (Å²) in [4.78, 5) is 22.3. The van der Waals surface area contributed by atoms with Gasteiger partial charge in [-0.3, -0.25) is 9.78 Å². The van der Waals surface area contributed by atoms with Crippen molar-refractivity contribution in [1.29, 1.82) is 0 Å². The molecule has 2 N–H and O–H groups in total. The molecule has 0 fully saturated rings. The van der Waals surface area contributed by atoms with Crippen molar-refractivity contribution < 1.29 is 9.53 Å². The van der Waals surface area contributed by atoms with Crippen molar-refractivity contribution in [3.63, 3.8) is 0 Å². The zero-order chi connectivity index (χ0) is 24.5. The lowest BCUT2D eigenvalue weighted by atomic mass is 9.95. The molecular formula is C25H20Cl2N6O2. The maximum absolute atomic E-state index is 13.5. The average molecular weight is 507 g/mol. The SMILES string of the molecule is COc1ccc(-c2nc3n(n2)C(c2cccc(Cl)c2Cl)C(C(=O)Nc2cccnc2)=C(C)N3)cc1. The van der Waals surface area contributed by atoms with Crippen LogP contribution in [-0.4, -0.2) is 32.8 Å². The topological polar surface area (TPSA) is 94.0 Å². The summed E-state index contributed by atoms with van der Waals surface area (Å²) < 4.78 is 6.90. The summed E-state index contributed by atoms with van der Waals surface area (Å²) in [6.45, 7) is 1.81. The van der Waals surface area contributed by atoms with E-state index in [1.54, 1.807) is 48.5 Å². The molecule has 3 heterocycles. The first kappa shape index (κ1) is 22.9. The lowest BCUT2D eigenvalue weighted by Crippen LogP contribution is -2.31. The number of amides is 1. The summed E-state index contributed by atoms with van der Waals surface area (Å²) in [6, 6.07) is 15.6. The zero-order valence-corrected chi connectivity index (χ0v) is 20.3. The summed E-state index contributed by atoms with van der Waals surface area (Å²) >= 11 is 13.0. The smallest absolute Gasteiger partial charge is 0.255 e. The second-order valence-electron chi connectivity index (χ2n) is 7.84. The van der Waals surface area contributed by atoms with Crippen LogP contribution in [-0.2, 0) is 4.79 Å². The Morgan fingerprint density at radius 3 is 2.63 bits per heavy atom. The Kier molecular flexibility index (Phi) is 6.15. The molecule has 1 amide bonds. The van der Waals surface area contributed by atoms with Gasteiger partial charge in [-0.05, 0) is 49.4 Å². The lowest BCUT2D eigenvalue weighted by molar-refractivity contribution is -0.113. The first-order valence-electron chi connectivity index (χ1n) is 10.7. The molecule has 4 aromatic rings. The normalized spacial score (nSPS) is 14.8. The van der Waals surface area contributed by atoms with E-state index in [0.717, 1.165) is 11.3 Å². The monoisotopic (exact) mass is 506 g/mol. The number of methoxy groups -OCH3 is 1. The molecule has 0 radical (unpaired) electrons. The van der Waals surface area contributed by atoms with Crippen molar-refractivity contribution >= 4 is 40.7 Å². The van der Waals surface area contributed by atoms with Gasteiger partial charge in [0, 0.05) is 23.0 Å². The van der Waals surface area contributed by atoms with Crippen LogP contribution in [0.2, 0.25) is 10.0 Å². The van der Waals surface area contributed by atoms with E-state index in [4.69, 9.17) is 33.0 Å². The van der Waals surface area contributed by atoms with E-state index in [0.29, 0.717) is 44.3 Å². The largest absolute Gasteiger partial charge is 0.497 e. The molecule has 0 bridgehead atoms. The Labute approximate surface area is 211 Å². The van der Waals surface area contributed by atoms with Gasteiger partial charge in [0.15, 0.2) is 5.82 Å². The third-order valence-electron chi connectivity index (χ3n) is 5.64. The Morgan fingerprint density at radius 1 is 1.11 bits per heavy atom. The number of fused-ring (bicyclic) bond motifs is 1. The Morgan fingerprint density at radius 2 is 1.91 bits per heavy atom. The second-order valence-corrected chi connectivity index (χ2v) is 8.62. The first-order valence-corrected chi connectivity index (χ1v) is 11.5. The van der Waals surface area contributed by atoms with Crippen LogP contribution in [0.5, 0.6) is 5.75 Å². The minimum Gasteiger partial charge on any atom is -0.497 e. The second kappa shape index (κ2) is 9.40.